The summed E-state index contributed by atoms with van der Waals surface area (Å²) in [7, 11) is 1.47. The molecule has 5 heteroatoms. The Morgan fingerprint density at radius 3 is 2.29 bits per heavy atom. The molecule has 0 aromatic carbocycles. The second-order valence-corrected chi connectivity index (χ2v) is 6.56. The maximum atomic E-state index is 11.0. The minimum Gasteiger partial charge on any atom is -0.240 e. The summed E-state index contributed by atoms with van der Waals surface area (Å²) in [4.78, 5) is 4.00. The number of rotatable bonds is 1. The van der Waals surface area contributed by atoms with Gasteiger partial charge in [-0.25, -0.2) is 13.4 Å². The number of aromatic nitrogens is 1. The molecule has 1 rings (SSSR count). The van der Waals surface area contributed by atoms with E-state index in [1.165, 1.54) is 6.07 Å². The van der Waals surface area contributed by atoms with Crippen LogP contribution in [-0.2, 0) is 14.5 Å². The molecule has 0 unspecified atom stereocenters. The third kappa shape index (κ3) is 2.69. The summed E-state index contributed by atoms with van der Waals surface area (Å²) in [5, 5.41) is -0.0911. The van der Waals surface area contributed by atoms with Gasteiger partial charge in [-0.05, 0) is 12.1 Å². The Kier molecular flexibility index (Phi) is 2.88. The molecule has 0 atom stereocenters. The molecule has 1 heterocycles. The lowest BCUT2D eigenvalue weighted by Gasteiger charge is -2.17. The van der Waals surface area contributed by atoms with Crippen molar-refractivity contribution in [3.05, 3.63) is 23.9 Å². The molecule has 0 aliphatic carbocycles. The standard InChI is InChI=1S/C9H12ClNO2S/c1-9(2,3)7-5-4-6-8(11-7)14(10,12)13/h4-6H,1-3H3. The van der Waals surface area contributed by atoms with Crippen molar-refractivity contribution in [3.63, 3.8) is 0 Å². The topological polar surface area (TPSA) is 47.0 Å². The number of pyridine rings is 1. The van der Waals surface area contributed by atoms with Gasteiger partial charge in [-0.15, -0.1) is 0 Å². The van der Waals surface area contributed by atoms with Crippen molar-refractivity contribution < 1.29 is 8.42 Å². The summed E-state index contributed by atoms with van der Waals surface area (Å²) in [5.41, 5.74) is 0.525. The highest BCUT2D eigenvalue weighted by Gasteiger charge is 2.18. The van der Waals surface area contributed by atoms with Crippen LogP contribution in [0.1, 0.15) is 26.5 Å². The van der Waals surface area contributed by atoms with E-state index in [4.69, 9.17) is 10.7 Å². The lowest BCUT2D eigenvalue weighted by Crippen LogP contribution is -2.14. The van der Waals surface area contributed by atoms with Crippen molar-refractivity contribution in [2.45, 2.75) is 31.2 Å². The summed E-state index contributed by atoms with van der Waals surface area (Å²) in [6.07, 6.45) is 0. The van der Waals surface area contributed by atoms with Crippen molar-refractivity contribution in [2.24, 2.45) is 0 Å². The Morgan fingerprint density at radius 2 is 1.86 bits per heavy atom. The molecule has 1 aromatic rings. The van der Waals surface area contributed by atoms with Crippen molar-refractivity contribution in [2.75, 3.05) is 0 Å². The van der Waals surface area contributed by atoms with Crippen LogP contribution in [0.3, 0.4) is 0 Å². The first-order chi connectivity index (χ1) is 6.21. The van der Waals surface area contributed by atoms with Gasteiger partial charge >= 0.3 is 0 Å². The smallest absolute Gasteiger partial charge is 0.240 e. The molecule has 14 heavy (non-hydrogen) atoms. The third-order valence-electron chi connectivity index (χ3n) is 1.74. The summed E-state index contributed by atoms with van der Waals surface area (Å²) >= 11 is 0. The molecule has 0 aliphatic heterocycles. The van der Waals surface area contributed by atoms with Crippen molar-refractivity contribution >= 4 is 19.7 Å². The Morgan fingerprint density at radius 1 is 1.29 bits per heavy atom. The number of hydrogen-bond donors (Lipinski definition) is 0. The van der Waals surface area contributed by atoms with Crippen LogP contribution >= 0.6 is 10.7 Å². The first-order valence-electron chi connectivity index (χ1n) is 4.13. The number of halogens is 1. The summed E-state index contributed by atoms with van der Waals surface area (Å²) < 4.78 is 22.0. The first kappa shape index (κ1) is 11.5. The van der Waals surface area contributed by atoms with Crippen LogP contribution in [0.25, 0.3) is 0 Å². The average Bonchev–Trinajstić information content (AvgIpc) is 2.01. The van der Waals surface area contributed by atoms with Crippen LogP contribution in [0.2, 0.25) is 0 Å². The molecule has 0 saturated heterocycles. The Hall–Kier alpha value is -0.610. The molecule has 0 saturated carbocycles. The molecule has 1 aromatic heterocycles. The van der Waals surface area contributed by atoms with Crippen molar-refractivity contribution in [3.8, 4) is 0 Å². The second-order valence-electron chi connectivity index (χ2n) is 4.05. The Bertz CT molecular complexity index is 434. The van der Waals surface area contributed by atoms with Gasteiger partial charge in [0.25, 0.3) is 9.05 Å². The summed E-state index contributed by atoms with van der Waals surface area (Å²) in [5.74, 6) is 0. The number of hydrogen-bond acceptors (Lipinski definition) is 3. The molecule has 0 fully saturated rings. The molecule has 0 N–H and O–H groups in total. The van der Waals surface area contributed by atoms with Gasteiger partial charge in [-0.2, -0.15) is 0 Å². The predicted octanol–water partition coefficient (Wildman–Crippen LogP) is 2.31. The van der Waals surface area contributed by atoms with Crippen LogP contribution in [0.5, 0.6) is 0 Å². The molecule has 3 nitrogen and oxygen atoms in total. The highest BCUT2D eigenvalue weighted by molar-refractivity contribution is 8.13. The fourth-order valence-corrected chi connectivity index (χ4v) is 1.67. The second kappa shape index (κ2) is 3.51. The molecule has 0 aliphatic rings. The SMILES string of the molecule is CC(C)(C)c1cccc(S(=O)(=O)Cl)n1. The van der Waals surface area contributed by atoms with Crippen LogP contribution in [0.4, 0.5) is 0 Å². The van der Waals surface area contributed by atoms with Crippen LogP contribution in [-0.4, -0.2) is 13.4 Å². The quantitative estimate of drug-likeness (QED) is 0.700. The number of nitrogens with zero attached hydrogens (tertiary/aromatic N) is 1. The zero-order valence-corrected chi connectivity index (χ0v) is 9.85. The van der Waals surface area contributed by atoms with E-state index in [1.807, 2.05) is 20.8 Å². The van der Waals surface area contributed by atoms with E-state index >= 15 is 0 Å². The summed E-state index contributed by atoms with van der Waals surface area (Å²) in [6.45, 7) is 5.87. The van der Waals surface area contributed by atoms with Crippen LogP contribution in [0.15, 0.2) is 23.2 Å². The highest BCUT2D eigenvalue weighted by atomic mass is 35.7. The van der Waals surface area contributed by atoms with E-state index in [0.717, 1.165) is 0 Å². The van der Waals surface area contributed by atoms with Gasteiger partial charge in [0.15, 0.2) is 5.03 Å². The van der Waals surface area contributed by atoms with E-state index in [1.54, 1.807) is 12.1 Å². The maximum Gasteiger partial charge on any atom is 0.278 e. The van der Waals surface area contributed by atoms with E-state index in [0.29, 0.717) is 5.69 Å². The normalized spacial score (nSPS) is 12.9. The van der Waals surface area contributed by atoms with Crippen molar-refractivity contribution in [1.82, 2.24) is 4.98 Å². The fourth-order valence-electron chi connectivity index (χ4n) is 0.968. The van der Waals surface area contributed by atoms with Crippen LogP contribution in [0, 0.1) is 0 Å². The predicted molar refractivity (Wildman–Crippen MR) is 56.0 cm³/mol. The first-order valence-corrected chi connectivity index (χ1v) is 6.44. The minimum absolute atomic E-state index is 0.0911. The zero-order valence-electron chi connectivity index (χ0n) is 8.28. The minimum atomic E-state index is -3.72. The molecular weight excluding hydrogens is 222 g/mol. The van der Waals surface area contributed by atoms with Gasteiger partial charge in [0.05, 0.1) is 0 Å². The molecule has 0 spiro atoms. The molecule has 0 radical (unpaired) electrons. The van der Waals surface area contributed by atoms with Gasteiger partial charge in [-0.1, -0.05) is 26.8 Å². The molecular formula is C9H12ClNO2S. The Labute approximate surface area is 88.5 Å². The van der Waals surface area contributed by atoms with E-state index in [-0.39, 0.29) is 10.4 Å². The zero-order chi connectivity index (χ0) is 11.0. The highest BCUT2D eigenvalue weighted by Crippen LogP contribution is 2.22. The maximum absolute atomic E-state index is 11.0. The van der Waals surface area contributed by atoms with Gasteiger partial charge in [0.1, 0.15) is 0 Å². The third-order valence-corrected chi connectivity index (χ3v) is 2.94. The lowest BCUT2D eigenvalue weighted by atomic mass is 9.92. The van der Waals surface area contributed by atoms with E-state index in [2.05, 4.69) is 4.98 Å². The average molecular weight is 234 g/mol. The molecule has 0 amide bonds. The largest absolute Gasteiger partial charge is 0.278 e. The monoisotopic (exact) mass is 233 g/mol. The summed E-state index contributed by atoms with van der Waals surface area (Å²) in [6, 6.07) is 4.81. The van der Waals surface area contributed by atoms with Gasteiger partial charge in [0.2, 0.25) is 0 Å². The Balaban J connectivity index is 3.29. The van der Waals surface area contributed by atoms with Crippen molar-refractivity contribution in [1.29, 1.82) is 0 Å². The van der Waals surface area contributed by atoms with E-state index < -0.39 is 9.05 Å². The lowest BCUT2D eigenvalue weighted by molar-refractivity contribution is 0.558. The molecule has 0 bridgehead atoms. The fraction of sp³-hybridized carbons (Fsp3) is 0.444. The van der Waals surface area contributed by atoms with Crippen LogP contribution < -0.4 is 0 Å². The van der Waals surface area contributed by atoms with E-state index in [9.17, 15) is 8.42 Å². The van der Waals surface area contributed by atoms with Gasteiger partial charge in [0, 0.05) is 21.8 Å². The van der Waals surface area contributed by atoms with Gasteiger partial charge < -0.3 is 0 Å². The van der Waals surface area contributed by atoms with Gasteiger partial charge in [-0.3, -0.25) is 0 Å². The molecule has 78 valence electrons.